The van der Waals surface area contributed by atoms with Gasteiger partial charge in [-0.05, 0) is 12.1 Å². The van der Waals surface area contributed by atoms with Gasteiger partial charge in [-0.15, -0.1) is 11.3 Å². The predicted octanol–water partition coefficient (Wildman–Crippen LogP) is 2.72. The van der Waals surface area contributed by atoms with Gasteiger partial charge in [0, 0.05) is 56.0 Å². The molecule has 32 heavy (non-hydrogen) atoms. The third-order valence-corrected chi connectivity index (χ3v) is 6.38. The topological polar surface area (TPSA) is 96.1 Å². The molecular weight excluding hydrogens is 428 g/mol. The van der Waals surface area contributed by atoms with Crippen LogP contribution in [0.15, 0.2) is 36.1 Å². The molecule has 0 saturated carbocycles. The Morgan fingerprint density at radius 2 is 2.19 bits per heavy atom. The fourth-order valence-electron chi connectivity index (χ4n) is 3.81. The molecule has 1 N–H and O–H groups in total. The van der Waals surface area contributed by atoms with Crippen LogP contribution in [-0.2, 0) is 18.2 Å². The van der Waals surface area contributed by atoms with Gasteiger partial charge in [-0.25, -0.2) is 4.98 Å². The molecule has 4 aromatic heterocycles. The van der Waals surface area contributed by atoms with Gasteiger partial charge >= 0.3 is 0 Å². The van der Waals surface area contributed by atoms with Gasteiger partial charge in [0.15, 0.2) is 0 Å². The van der Waals surface area contributed by atoms with E-state index in [-0.39, 0.29) is 12.0 Å². The second-order valence-corrected chi connectivity index (χ2v) is 8.72. The van der Waals surface area contributed by atoms with Gasteiger partial charge in [-0.1, -0.05) is 0 Å². The summed E-state index contributed by atoms with van der Waals surface area (Å²) in [6, 6.07) is 3.85. The zero-order chi connectivity index (χ0) is 22.1. The van der Waals surface area contributed by atoms with Crippen LogP contribution in [0.25, 0.3) is 16.7 Å². The number of nitrogens with one attached hydrogen (secondary N) is 1. The lowest BCUT2D eigenvalue weighted by Crippen LogP contribution is -2.26. The number of hydrogen-bond donors (Lipinski definition) is 1. The van der Waals surface area contributed by atoms with Crippen molar-refractivity contribution in [2.75, 3.05) is 20.3 Å². The van der Waals surface area contributed by atoms with Gasteiger partial charge in [-0.2, -0.15) is 10.1 Å². The van der Waals surface area contributed by atoms with Crippen LogP contribution in [0.3, 0.4) is 0 Å². The molecule has 0 unspecified atom stereocenters. The van der Waals surface area contributed by atoms with E-state index in [1.54, 1.807) is 17.9 Å². The summed E-state index contributed by atoms with van der Waals surface area (Å²) in [6.07, 6.45) is 7.94. The van der Waals surface area contributed by atoms with Gasteiger partial charge in [0.25, 0.3) is 5.91 Å². The van der Waals surface area contributed by atoms with Crippen molar-refractivity contribution in [2.45, 2.75) is 25.4 Å². The van der Waals surface area contributed by atoms with E-state index in [0.717, 1.165) is 34.4 Å². The van der Waals surface area contributed by atoms with Crippen molar-refractivity contribution in [1.82, 2.24) is 29.6 Å². The van der Waals surface area contributed by atoms with Crippen molar-refractivity contribution in [3.05, 3.63) is 52.4 Å². The molecule has 1 saturated heterocycles. The van der Waals surface area contributed by atoms with Crippen molar-refractivity contribution >= 4 is 28.3 Å². The highest BCUT2D eigenvalue weighted by molar-refractivity contribution is 7.10. The molecule has 1 fully saturated rings. The molecule has 1 amide bonds. The molecule has 1 aliphatic heterocycles. The Kier molecular flexibility index (Phi) is 5.62. The van der Waals surface area contributed by atoms with E-state index in [1.165, 1.54) is 11.3 Å². The third kappa shape index (κ3) is 4.11. The first kappa shape index (κ1) is 20.7. The Hall–Kier alpha value is -3.24. The zero-order valence-electron chi connectivity index (χ0n) is 17.9. The average Bonchev–Trinajstić information content (AvgIpc) is 3.54. The molecule has 0 aromatic carbocycles. The first-order valence-corrected chi connectivity index (χ1v) is 11.4. The van der Waals surface area contributed by atoms with Gasteiger partial charge in [-0.3, -0.25) is 9.48 Å². The minimum absolute atomic E-state index is 0.0496. The maximum absolute atomic E-state index is 11.9. The average molecular weight is 453 g/mol. The number of aryl methyl sites for hydroxylation is 1. The molecule has 0 radical (unpaired) electrons. The third-order valence-electron chi connectivity index (χ3n) is 5.44. The minimum atomic E-state index is -0.0963. The van der Waals surface area contributed by atoms with Crippen LogP contribution in [0.1, 0.15) is 33.9 Å². The highest BCUT2D eigenvalue weighted by Crippen LogP contribution is 2.30. The molecule has 0 aliphatic carbocycles. The summed E-state index contributed by atoms with van der Waals surface area (Å²) in [4.78, 5) is 22.5. The lowest BCUT2D eigenvalue weighted by atomic mass is 10.1. The lowest BCUT2D eigenvalue weighted by Gasteiger charge is -2.23. The van der Waals surface area contributed by atoms with Crippen LogP contribution < -0.4 is 10.1 Å². The van der Waals surface area contributed by atoms with Crippen molar-refractivity contribution in [1.29, 1.82) is 0 Å². The number of rotatable bonds is 6. The molecule has 5 heterocycles. The Morgan fingerprint density at radius 3 is 2.94 bits per heavy atom. The fourth-order valence-corrected chi connectivity index (χ4v) is 4.67. The lowest BCUT2D eigenvalue weighted by molar-refractivity contribution is 0.0242. The Morgan fingerprint density at radius 1 is 1.34 bits per heavy atom. The number of thiophene rings is 1. The first-order chi connectivity index (χ1) is 15.6. The number of amides is 1. The van der Waals surface area contributed by atoms with E-state index in [0.29, 0.717) is 36.9 Å². The summed E-state index contributed by atoms with van der Waals surface area (Å²) in [5.74, 6) is 1.13. The SMILES string of the molecule is CNC(=O)c1csc(Cc2nc(OC3CCOCC3)c3c(ccn3-c3cnn(C)c3)n2)c1. The first-order valence-electron chi connectivity index (χ1n) is 10.5. The van der Waals surface area contributed by atoms with Crippen molar-refractivity contribution in [3.8, 4) is 11.6 Å². The predicted molar refractivity (Wildman–Crippen MR) is 121 cm³/mol. The van der Waals surface area contributed by atoms with E-state index < -0.39 is 0 Å². The normalized spacial score (nSPS) is 14.7. The largest absolute Gasteiger partial charge is 0.473 e. The number of aromatic nitrogens is 5. The summed E-state index contributed by atoms with van der Waals surface area (Å²) in [5.41, 5.74) is 3.20. The highest BCUT2D eigenvalue weighted by Gasteiger charge is 2.21. The standard InChI is InChI=1S/C22H24N6O3S/c1-23-21(29)14-9-17(32-13-14)10-19-25-18-3-6-28(15-11-24-27(2)12-15)20(18)22(26-19)31-16-4-7-30-8-5-16/h3,6,9,11-13,16H,4-5,7-8,10H2,1-2H3,(H,23,29). The molecule has 10 heteroatoms. The van der Waals surface area contributed by atoms with Crippen LogP contribution >= 0.6 is 11.3 Å². The number of carbonyl (C=O) groups excluding carboxylic acids is 1. The van der Waals surface area contributed by atoms with Crippen LogP contribution in [0.4, 0.5) is 0 Å². The molecule has 0 bridgehead atoms. The summed E-state index contributed by atoms with van der Waals surface area (Å²) < 4.78 is 15.6. The van der Waals surface area contributed by atoms with Crippen molar-refractivity contribution in [3.63, 3.8) is 0 Å². The summed E-state index contributed by atoms with van der Waals surface area (Å²) in [6.45, 7) is 1.37. The monoisotopic (exact) mass is 452 g/mol. The summed E-state index contributed by atoms with van der Waals surface area (Å²) >= 11 is 1.53. The second kappa shape index (κ2) is 8.71. The molecule has 0 atom stereocenters. The van der Waals surface area contributed by atoms with Crippen LogP contribution in [0.5, 0.6) is 5.88 Å². The van der Waals surface area contributed by atoms with Crippen molar-refractivity contribution in [2.24, 2.45) is 7.05 Å². The molecule has 4 aromatic rings. The number of fused-ring (bicyclic) bond motifs is 1. The summed E-state index contributed by atoms with van der Waals surface area (Å²) in [7, 11) is 3.51. The quantitative estimate of drug-likeness (QED) is 0.483. The molecule has 0 spiro atoms. The molecule has 1 aliphatic rings. The van der Waals surface area contributed by atoms with Crippen LogP contribution in [-0.4, -0.2) is 56.6 Å². The van der Waals surface area contributed by atoms with E-state index >= 15 is 0 Å². The second-order valence-electron chi connectivity index (χ2n) is 7.72. The Labute approximate surface area is 189 Å². The van der Waals surface area contributed by atoms with Crippen LogP contribution in [0, 0.1) is 0 Å². The van der Waals surface area contributed by atoms with Gasteiger partial charge in [0.1, 0.15) is 17.4 Å². The van der Waals surface area contributed by atoms with Crippen LogP contribution in [0.2, 0.25) is 0 Å². The maximum atomic E-state index is 11.9. The molecule has 166 valence electrons. The van der Waals surface area contributed by atoms with E-state index in [1.807, 2.05) is 41.5 Å². The molecule has 5 rings (SSSR count). The van der Waals surface area contributed by atoms with Gasteiger partial charge in [0.05, 0.1) is 36.2 Å². The maximum Gasteiger partial charge on any atom is 0.251 e. The van der Waals surface area contributed by atoms with E-state index in [2.05, 4.69) is 10.4 Å². The number of nitrogens with zero attached hydrogens (tertiary/aromatic N) is 5. The van der Waals surface area contributed by atoms with Gasteiger partial charge < -0.3 is 19.4 Å². The summed E-state index contributed by atoms with van der Waals surface area (Å²) in [5, 5.41) is 8.79. The van der Waals surface area contributed by atoms with E-state index in [4.69, 9.17) is 19.4 Å². The fraction of sp³-hybridized carbons (Fsp3) is 0.364. The molecule has 9 nitrogen and oxygen atoms in total. The minimum Gasteiger partial charge on any atom is -0.473 e. The van der Waals surface area contributed by atoms with Gasteiger partial charge in [0.2, 0.25) is 5.88 Å². The number of carbonyl (C=O) groups is 1. The van der Waals surface area contributed by atoms with Crippen molar-refractivity contribution < 1.29 is 14.3 Å². The Bertz CT molecular complexity index is 1250. The number of hydrogen-bond acceptors (Lipinski definition) is 7. The highest BCUT2D eigenvalue weighted by atomic mass is 32.1. The Balaban J connectivity index is 1.53. The zero-order valence-corrected chi connectivity index (χ0v) is 18.8. The number of ether oxygens (including phenoxy) is 2. The smallest absolute Gasteiger partial charge is 0.251 e. The van der Waals surface area contributed by atoms with E-state index in [9.17, 15) is 4.79 Å². The molecular formula is C22H24N6O3S.